The van der Waals surface area contributed by atoms with Gasteiger partial charge in [-0.1, -0.05) is 0 Å². The first kappa shape index (κ1) is 19.1. The largest absolute Gasteiger partial charge is 0.497 e. The quantitative estimate of drug-likeness (QED) is 0.327. The number of ketones is 1. The number of rotatable bonds is 7. The Bertz CT molecular complexity index is 838. The first-order chi connectivity index (χ1) is 12.5. The van der Waals surface area contributed by atoms with Crippen molar-refractivity contribution >= 4 is 17.8 Å². The highest BCUT2D eigenvalue weighted by molar-refractivity contribution is 6.08. The van der Waals surface area contributed by atoms with E-state index in [4.69, 9.17) is 18.9 Å². The van der Waals surface area contributed by atoms with E-state index in [0.29, 0.717) is 34.1 Å². The van der Waals surface area contributed by atoms with Gasteiger partial charge in [-0.05, 0) is 36.4 Å². The van der Waals surface area contributed by atoms with E-state index in [1.807, 2.05) is 0 Å². The van der Waals surface area contributed by atoms with Crippen LogP contribution in [-0.2, 0) is 4.79 Å². The van der Waals surface area contributed by atoms with Gasteiger partial charge in [0.05, 0.1) is 26.9 Å². The van der Waals surface area contributed by atoms with Crippen LogP contribution in [-0.4, -0.2) is 33.1 Å². The van der Waals surface area contributed by atoms with Crippen LogP contribution < -0.4 is 18.9 Å². The Morgan fingerprint density at radius 1 is 0.846 bits per heavy atom. The molecule has 0 atom stereocenters. The molecule has 0 saturated heterocycles. The fourth-order valence-electron chi connectivity index (χ4n) is 2.32. The second-order valence-corrected chi connectivity index (χ2v) is 5.26. The van der Waals surface area contributed by atoms with Crippen molar-refractivity contribution < 1.29 is 28.5 Å². The summed E-state index contributed by atoms with van der Waals surface area (Å²) in [6, 6.07) is 9.90. The van der Waals surface area contributed by atoms with Crippen molar-refractivity contribution in [2.75, 3.05) is 21.3 Å². The van der Waals surface area contributed by atoms with E-state index >= 15 is 0 Å². The Hall–Kier alpha value is -3.28. The summed E-state index contributed by atoms with van der Waals surface area (Å²) in [5.41, 5.74) is 1.09. The van der Waals surface area contributed by atoms with Gasteiger partial charge in [0.15, 0.2) is 5.78 Å². The molecule has 2 aromatic rings. The van der Waals surface area contributed by atoms with Gasteiger partial charge in [0.25, 0.3) is 0 Å². The van der Waals surface area contributed by atoms with E-state index in [9.17, 15) is 9.59 Å². The molecule has 0 N–H and O–H groups in total. The van der Waals surface area contributed by atoms with Crippen molar-refractivity contribution in [3.8, 4) is 23.0 Å². The van der Waals surface area contributed by atoms with Crippen molar-refractivity contribution in [1.82, 2.24) is 0 Å². The molecule has 0 amide bonds. The Morgan fingerprint density at radius 2 is 1.50 bits per heavy atom. The van der Waals surface area contributed by atoms with Crippen molar-refractivity contribution in [2.24, 2.45) is 0 Å². The molecule has 0 unspecified atom stereocenters. The minimum atomic E-state index is -0.419. The normalized spacial score (nSPS) is 10.5. The zero-order chi connectivity index (χ0) is 19.1. The number of allylic oxidation sites excluding steroid dienone is 1. The summed E-state index contributed by atoms with van der Waals surface area (Å²) in [7, 11) is 4.53. The molecule has 0 radical (unpaired) electrons. The number of hydrogen-bond donors (Lipinski definition) is 0. The Labute approximate surface area is 151 Å². The van der Waals surface area contributed by atoms with E-state index in [1.54, 1.807) is 49.6 Å². The second-order valence-electron chi connectivity index (χ2n) is 5.26. The Balaban J connectivity index is 2.26. The van der Waals surface area contributed by atoms with Crippen LogP contribution in [0.15, 0.2) is 42.5 Å². The minimum absolute atomic E-state index is 0.226. The van der Waals surface area contributed by atoms with Crippen molar-refractivity contribution in [3.05, 3.63) is 53.6 Å². The van der Waals surface area contributed by atoms with Gasteiger partial charge in [-0.25, -0.2) is 0 Å². The van der Waals surface area contributed by atoms with Crippen LogP contribution in [0.1, 0.15) is 22.8 Å². The molecule has 6 nitrogen and oxygen atoms in total. The number of hydrogen-bond acceptors (Lipinski definition) is 6. The van der Waals surface area contributed by atoms with Crippen LogP contribution >= 0.6 is 0 Å². The summed E-state index contributed by atoms with van der Waals surface area (Å²) < 4.78 is 20.7. The predicted octanol–water partition coefficient (Wildman–Crippen LogP) is 3.53. The lowest BCUT2D eigenvalue weighted by Gasteiger charge is -2.09. The number of methoxy groups -OCH3 is 3. The SMILES string of the molecule is COc1ccc(C(=O)C=Cc2ccc(OC(C)=O)cc2OC)c(OC)c1. The maximum absolute atomic E-state index is 12.5. The van der Waals surface area contributed by atoms with E-state index in [2.05, 4.69) is 0 Å². The summed E-state index contributed by atoms with van der Waals surface area (Å²) in [5.74, 6) is 1.23. The van der Waals surface area contributed by atoms with Crippen molar-refractivity contribution in [1.29, 1.82) is 0 Å². The average Bonchev–Trinajstić information content (AvgIpc) is 2.65. The van der Waals surface area contributed by atoms with Crippen LogP contribution in [0, 0.1) is 0 Å². The van der Waals surface area contributed by atoms with Gasteiger partial charge < -0.3 is 18.9 Å². The van der Waals surface area contributed by atoms with Crippen molar-refractivity contribution in [2.45, 2.75) is 6.92 Å². The Kier molecular flexibility index (Phi) is 6.38. The first-order valence-electron chi connectivity index (χ1n) is 7.79. The molecule has 0 aliphatic heterocycles. The van der Waals surface area contributed by atoms with Crippen LogP contribution in [0.5, 0.6) is 23.0 Å². The van der Waals surface area contributed by atoms with Gasteiger partial charge in [-0.2, -0.15) is 0 Å². The van der Waals surface area contributed by atoms with Crippen LogP contribution in [0.3, 0.4) is 0 Å². The molecule has 6 heteroatoms. The van der Waals surface area contributed by atoms with E-state index < -0.39 is 5.97 Å². The molecule has 2 rings (SSSR count). The molecule has 0 bridgehead atoms. The fraction of sp³-hybridized carbons (Fsp3) is 0.200. The molecule has 0 aliphatic rings. The van der Waals surface area contributed by atoms with Crippen LogP contribution in [0.2, 0.25) is 0 Å². The summed E-state index contributed by atoms with van der Waals surface area (Å²) >= 11 is 0. The highest BCUT2D eigenvalue weighted by atomic mass is 16.5. The zero-order valence-electron chi connectivity index (χ0n) is 15.1. The first-order valence-corrected chi connectivity index (χ1v) is 7.79. The van der Waals surface area contributed by atoms with Gasteiger partial charge in [-0.15, -0.1) is 0 Å². The molecule has 0 aliphatic carbocycles. The lowest BCUT2D eigenvalue weighted by molar-refractivity contribution is -0.131. The Morgan fingerprint density at radius 3 is 2.12 bits per heavy atom. The lowest BCUT2D eigenvalue weighted by atomic mass is 10.1. The number of ether oxygens (including phenoxy) is 4. The van der Waals surface area contributed by atoms with Crippen molar-refractivity contribution in [3.63, 3.8) is 0 Å². The highest BCUT2D eigenvalue weighted by Crippen LogP contribution is 2.28. The number of benzene rings is 2. The summed E-state index contributed by atoms with van der Waals surface area (Å²) in [6.45, 7) is 1.32. The topological polar surface area (TPSA) is 71.1 Å². The molecular weight excluding hydrogens is 336 g/mol. The monoisotopic (exact) mass is 356 g/mol. The molecule has 2 aromatic carbocycles. The third kappa shape index (κ3) is 4.63. The van der Waals surface area contributed by atoms with E-state index in [1.165, 1.54) is 27.2 Å². The summed E-state index contributed by atoms with van der Waals surface area (Å²) in [5, 5.41) is 0. The fourth-order valence-corrected chi connectivity index (χ4v) is 2.32. The third-order valence-electron chi connectivity index (χ3n) is 3.55. The average molecular weight is 356 g/mol. The molecule has 0 spiro atoms. The molecule has 0 aromatic heterocycles. The van der Waals surface area contributed by atoms with E-state index in [-0.39, 0.29) is 5.78 Å². The smallest absolute Gasteiger partial charge is 0.308 e. The van der Waals surface area contributed by atoms with Gasteiger partial charge in [0.2, 0.25) is 0 Å². The standard InChI is InChI=1S/C20H20O6/c1-13(21)26-16-7-5-14(19(12-16)24-3)6-10-18(22)17-9-8-15(23-2)11-20(17)25-4/h5-12H,1-4H3. The van der Waals surface area contributed by atoms with Crippen LogP contribution in [0.4, 0.5) is 0 Å². The maximum atomic E-state index is 12.5. The molecule has 0 heterocycles. The predicted molar refractivity (Wildman–Crippen MR) is 97.2 cm³/mol. The number of esters is 1. The number of carbonyl (C=O) groups excluding carboxylic acids is 2. The van der Waals surface area contributed by atoms with Gasteiger partial charge in [0, 0.05) is 24.6 Å². The zero-order valence-corrected chi connectivity index (χ0v) is 15.1. The van der Waals surface area contributed by atoms with E-state index in [0.717, 1.165) is 0 Å². The lowest BCUT2D eigenvalue weighted by Crippen LogP contribution is -2.02. The van der Waals surface area contributed by atoms with Gasteiger partial charge in [0.1, 0.15) is 23.0 Å². The molecular formula is C20H20O6. The highest BCUT2D eigenvalue weighted by Gasteiger charge is 2.11. The number of carbonyl (C=O) groups is 2. The molecule has 26 heavy (non-hydrogen) atoms. The van der Waals surface area contributed by atoms with Gasteiger partial charge in [-0.3, -0.25) is 9.59 Å². The second kappa shape index (κ2) is 8.71. The maximum Gasteiger partial charge on any atom is 0.308 e. The van der Waals surface area contributed by atoms with Crippen LogP contribution in [0.25, 0.3) is 6.08 Å². The molecule has 136 valence electrons. The third-order valence-corrected chi connectivity index (χ3v) is 3.55. The summed E-state index contributed by atoms with van der Waals surface area (Å²) in [4.78, 5) is 23.5. The molecule has 0 saturated carbocycles. The minimum Gasteiger partial charge on any atom is -0.497 e. The molecule has 0 fully saturated rings. The summed E-state index contributed by atoms with van der Waals surface area (Å²) in [6.07, 6.45) is 3.05. The van der Waals surface area contributed by atoms with Gasteiger partial charge >= 0.3 is 5.97 Å².